The summed E-state index contributed by atoms with van der Waals surface area (Å²) in [5.74, 6) is 0. The Labute approximate surface area is 117 Å². The van der Waals surface area contributed by atoms with Gasteiger partial charge >= 0.3 is 0 Å². The minimum atomic E-state index is -0.0238. The number of hydrogen-bond acceptors (Lipinski definition) is 4. The lowest BCUT2D eigenvalue weighted by molar-refractivity contribution is -0.00813. The van der Waals surface area contributed by atoms with Crippen LogP contribution in [0.25, 0.3) is 0 Å². The Morgan fingerprint density at radius 1 is 1.21 bits per heavy atom. The third kappa shape index (κ3) is 3.21. The number of nitrogens with zero attached hydrogens (tertiary/aromatic N) is 1. The number of benzene rings is 1. The van der Waals surface area contributed by atoms with Crippen LogP contribution >= 0.6 is 11.3 Å². The molecular formula is C15H18N2OS. The van der Waals surface area contributed by atoms with Crippen molar-refractivity contribution in [1.29, 1.82) is 0 Å². The second-order valence-corrected chi connectivity index (χ2v) is 5.67. The molecule has 1 unspecified atom stereocenters. The summed E-state index contributed by atoms with van der Waals surface area (Å²) in [6, 6.07) is 10.4. The molecule has 0 aliphatic carbocycles. The van der Waals surface area contributed by atoms with Gasteiger partial charge in [0.1, 0.15) is 11.1 Å². The molecule has 0 radical (unpaired) electrons. The highest BCUT2D eigenvalue weighted by Gasteiger charge is 2.23. The van der Waals surface area contributed by atoms with Crippen molar-refractivity contribution in [2.45, 2.75) is 25.0 Å². The Morgan fingerprint density at radius 2 is 2.00 bits per heavy atom. The first-order chi connectivity index (χ1) is 9.43. The third-order valence-corrected chi connectivity index (χ3v) is 4.21. The zero-order valence-corrected chi connectivity index (χ0v) is 11.6. The Kier molecular flexibility index (Phi) is 4.23. The molecule has 1 aromatic heterocycles. The molecule has 1 fully saturated rings. The van der Waals surface area contributed by atoms with E-state index in [-0.39, 0.29) is 6.10 Å². The third-order valence-electron chi connectivity index (χ3n) is 3.39. The van der Waals surface area contributed by atoms with Gasteiger partial charge in [0.25, 0.3) is 0 Å². The highest BCUT2D eigenvalue weighted by Crippen LogP contribution is 2.30. The number of nitrogens with one attached hydrogen (secondary N) is 1. The predicted octanol–water partition coefficient (Wildman–Crippen LogP) is 3.00. The van der Waals surface area contributed by atoms with Crippen LogP contribution in [0.15, 0.2) is 41.9 Å². The quantitative estimate of drug-likeness (QED) is 0.930. The van der Waals surface area contributed by atoms with Crippen LogP contribution < -0.4 is 5.32 Å². The monoisotopic (exact) mass is 274 g/mol. The average molecular weight is 274 g/mol. The smallest absolute Gasteiger partial charge is 0.134 e. The molecule has 4 heteroatoms. The van der Waals surface area contributed by atoms with E-state index in [4.69, 9.17) is 4.74 Å². The summed E-state index contributed by atoms with van der Waals surface area (Å²) in [4.78, 5) is 4.44. The predicted molar refractivity (Wildman–Crippen MR) is 77.4 cm³/mol. The van der Waals surface area contributed by atoms with Crippen molar-refractivity contribution in [2.24, 2.45) is 0 Å². The minimum absolute atomic E-state index is 0.0238. The molecule has 2 aromatic rings. The van der Waals surface area contributed by atoms with Gasteiger partial charge in [-0.15, -0.1) is 11.3 Å². The van der Waals surface area contributed by atoms with Crippen LogP contribution in [0.5, 0.6) is 0 Å². The van der Waals surface area contributed by atoms with Gasteiger partial charge in [-0.05, 0) is 31.5 Å². The van der Waals surface area contributed by atoms with Crippen molar-refractivity contribution in [3.8, 4) is 0 Å². The molecular weight excluding hydrogens is 256 g/mol. The van der Waals surface area contributed by atoms with Crippen LogP contribution in [0.3, 0.4) is 0 Å². The van der Waals surface area contributed by atoms with E-state index in [0.29, 0.717) is 6.10 Å². The Balaban J connectivity index is 1.80. The van der Waals surface area contributed by atoms with Gasteiger partial charge in [-0.3, -0.25) is 0 Å². The molecule has 1 N–H and O–H groups in total. The molecule has 1 saturated heterocycles. The van der Waals surface area contributed by atoms with Gasteiger partial charge in [-0.2, -0.15) is 0 Å². The molecule has 1 aliphatic rings. The lowest BCUT2D eigenvalue weighted by Crippen LogP contribution is -2.33. The molecule has 1 aromatic carbocycles. The topological polar surface area (TPSA) is 34.1 Å². The number of rotatable bonds is 4. The van der Waals surface area contributed by atoms with Gasteiger partial charge in [0, 0.05) is 11.6 Å². The molecule has 3 rings (SSSR count). The SMILES string of the molecule is c1ccc(C(OC2CCNCC2)c2nccs2)cc1. The normalized spacial score (nSPS) is 18.3. The molecule has 19 heavy (non-hydrogen) atoms. The maximum atomic E-state index is 6.33. The Bertz CT molecular complexity index is 480. The van der Waals surface area contributed by atoms with E-state index >= 15 is 0 Å². The van der Waals surface area contributed by atoms with Gasteiger partial charge in [-0.1, -0.05) is 30.3 Å². The first-order valence-corrected chi connectivity index (χ1v) is 7.62. The van der Waals surface area contributed by atoms with E-state index in [0.717, 1.165) is 30.9 Å². The second-order valence-electron chi connectivity index (χ2n) is 4.75. The average Bonchev–Trinajstić information content (AvgIpc) is 3.01. The van der Waals surface area contributed by atoms with Crippen molar-refractivity contribution >= 4 is 11.3 Å². The molecule has 0 bridgehead atoms. The van der Waals surface area contributed by atoms with Crippen LogP contribution in [-0.4, -0.2) is 24.2 Å². The van der Waals surface area contributed by atoms with Crippen molar-refractivity contribution in [1.82, 2.24) is 10.3 Å². The highest BCUT2D eigenvalue weighted by molar-refractivity contribution is 7.09. The molecule has 3 nitrogen and oxygen atoms in total. The van der Waals surface area contributed by atoms with Gasteiger partial charge in [0.05, 0.1) is 6.10 Å². The number of aromatic nitrogens is 1. The fraction of sp³-hybridized carbons (Fsp3) is 0.400. The van der Waals surface area contributed by atoms with Crippen LogP contribution in [-0.2, 0) is 4.74 Å². The van der Waals surface area contributed by atoms with E-state index in [1.54, 1.807) is 11.3 Å². The molecule has 0 saturated carbocycles. The van der Waals surface area contributed by atoms with Crippen molar-refractivity contribution in [3.05, 3.63) is 52.5 Å². The van der Waals surface area contributed by atoms with Crippen LogP contribution in [0.4, 0.5) is 0 Å². The van der Waals surface area contributed by atoms with Gasteiger partial charge in [0.15, 0.2) is 0 Å². The van der Waals surface area contributed by atoms with Crippen molar-refractivity contribution in [2.75, 3.05) is 13.1 Å². The molecule has 0 amide bonds. The van der Waals surface area contributed by atoms with E-state index < -0.39 is 0 Å². The number of piperidine rings is 1. The fourth-order valence-electron chi connectivity index (χ4n) is 2.40. The zero-order valence-electron chi connectivity index (χ0n) is 10.8. The largest absolute Gasteiger partial charge is 0.363 e. The summed E-state index contributed by atoms with van der Waals surface area (Å²) < 4.78 is 6.33. The van der Waals surface area contributed by atoms with Gasteiger partial charge in [-0.25, -0.2) is 4.98 Å². The second kappa shape index (κ2) is 6.28. The molecule has 0 spiro atoms. The van der Waals surface area contributed by atoms with Crippen molar-refractivity contribution in [3.63, 3.8) is 0 Å². The van der Waals surface area contributed by atoms with Crippen molar-refractivity contribution < 1.29 is 4.74 Å². The van der Waals surface area contributed by atoms with E-state index in [2.05, 4.69) is 34.6 Å². The lowest BCUT2D eigenvalue weighted by atomic mass is 10.1. The summed E-state index contributed by atoms with van der Waals surface area (Å²) in [5, 5.41) is 6.43. The zero-order chi connectivity index (χ0) is 12.9. The van der Waals surface area contributed by atoms with E-state index in [1.165, 1.54) is 5.56 Å². The first-order valence-electron chi connectivity index (χ1n) is 6.74. The number of hydrogen-bond donors (Lipinski definition) is 1. The first kappa shape index (κ1) is 12.8. The van der Waals surface area contributed by atoms with Crippen LogP contribution in [0.2, 0.25) is 0 Å². The summed E-state index contributed by atoms with van der Waals surface area (Å²) in [6.07, 6.45) is 4.31. The number of ether oxygens (including phenoxy) is 1. The molecule has 2 heterocycles. The maximum absolute atomic E-state index is 6.33. The standard InChI is InChI=1S/C15H18N2OS/c1-2-4-12(5-3-1)14(15-17-10-11-19-15)18-13-6-8-16-9-7-13/h1-5,10-11,13-14,16H,6-9H2. The van der Waals surface area contributed by atoms with Gasteiger partial charge in [0.2, 0.25) is 0 Å². The molecule has 100 valence electrons. The summed E-state index contributed by atoms with van der Waals surface area (Å²) in [6.45, 7) is 2.09. The Morgan fingerprint density at radius 3 is 2.68 bits per heavy atom. The Hall–Kier alpha value is -1.23. The van der Waals surface area contributed by atoms with Gasteiger partial charge < -0.3 is 10.1 Å². The summed E-state index contributed by atoms with van der Waals surface area (Å²) >= 11 is 1.66. The summed E-state index contributed by atoms with van der Waals surface area (Å²) in [7, 11) is 0. The molecule has 1 atom stereocenters. The highest BCUT2D eigenvalue weighted by atomic mass is 32.1. The van der Waals surface area contributed by atoms with E-state index in [9.17, 15) is 0 Å². The maximum Gasteiger partial charge on any atom is 0.134 e. The van der Waals surface area contributed by atoms with Crippen LogP contribution in [0.1, 0.15) is 29.5 Å². The van der Waals surface area contributed by atoms with E-state index in [1.807, 2.05) is 17.6 Å². The lowest BCUT2D eigenvalue weighted by Gasteiger charge is -2.27. The fourth-order valence-corrected chi connectivity index (χ4v) is 3.09. The molecule has 1 aliphatic heterocycles. The van der Waals surface area contributed by atoms with Crippen LogP contribution in [0, 0.1) is 0 Å². The summed E-state index contributed by atoms with van der Waals surface area (Å²) in [5.41, 5.74) is 1.19. The number of thiazole rings is 1. The minimum Gasteiger partial charge on any atom is -0.363 e.